The zero-order valence-corrected chi connectivity index (χ0v) is 10.5. The molecule has 0 aliphatic rings. The van der Waals surface area contributed by atoms with Gasteiger partial charge in [0.25, 0.3) is 0 Å². The first-order valence-electron chi connectivity index (χ1n) is 4.92. The number of ether oxygens (including phenoxy) is 1. The van der Waals surface area contributed by atoms with Gasteiger partial charge in [-0.05, 0) is 17.7 Å². The summed E-state index contributed by atoms with van der Waals surface area (Å²) in [5, 5.41) is 0.311. The maximum Gasteiger partial charge on any atom is 0.198 e. The van der Waals surface area contributed by atoms with Crippen molar-refractivity contribution in [1.82, 2.24) is 4.98 Å². The first kappa shape index (κ1) is 13.1. The van der Waals surface area contributed by atoms with E-state index in [0.717, 1.165) is 12.1 Å². The Morgan fingerprint density at radius 3 is 2.33 bits per heavy atom. The third-order valence-corrected chi connectivity index (χ3v) is 2.63. The third-order valence-electron chi connectivity index (χ3n) is 2.11. The molecule has 2 aromatic rings. The second-order valence-electron chi connectivity index (χ2n) is 3.46. The van der Waals surface area contributed by atoms with Gasteiger partial charge in [-0.1, -0.05) is 11.6 Å². The van der Waals surface area contributed by atoms with Gasteiger partial charge in [0.2, 0.25) is 0 Å². The molecule has 0 bridgehead atoms. The lowest BCUT2D eigenvalue weighted by Crippen LogP contribution is -1.95. The Kier molecular flexibility index (Phi) is 3.99. The molecule has 0 radical (unpaired) electrons. The Hall–Kier alpha value is -1.39. The summed E-state index contributed by atoms with van der Waals surface area (Å²) >= 11 is 11.2. The Morgan fingerprint density at radius 1 is 1.11 bits per heavy atom. The molecule has 1 aromatic heterocycles. The standard InChI is InChI=1S/C12H7Cl2F2NO/c13-4-7-1-10(15)12(11(16)2-7)18-9-3-8(14)5-17-6-9/h1-3,5-6H,4H2. The molecule has 6 heteroatoms. The van der Waals surface area contributed by atoms with Crippen LogP contribution in [-0.2, 0) is 5.88 Å². The summed E-state index contributed by atoms with van der Waals surface area (Å²) in [6.45, 7) is 0. The smallest absolute Gasteiger partial charge is 0.198 e. The van der Waals surface area contributed by atoms with E-state index in [9.17, 15) is 8.78 Å². The van der Waals surface area contributed by atoms with Crippen LogP contribution in [0.15, 0.2) is 30.6 Å². The number of hydrogen-bond donors (Lipinski definition) is 0. The van der Waals surface area contributed by atoms with E-state index in [1.54, 1.807) is 0 Å². The molecule has 0 atom stereocenters. The maximum atomic E-state index is 13.6. The number of benzene rings is 1. The first-order chi connectivity index (χ1) is 8.60. The van der Waals surface area contributed by atoms with E-state index >= 15 is 0 Å². The molecule has 0 saturated heterocycles. The van der Waals surface area contributed by atoms with E-state index in [-0.39, 0.29) is 11.6 Å². The van der Waals surface area contributed by atoms with E-state index in [1.807, 2.05) is 0 Å². The van der Waals surface area contributed by atoms with Crippen molar-refractivity contribution in [2.75, 3.05) is 0 Å². The highest BCUT2D eigenvalue weighted by Gasteiger charge is 2.13. The average molecular weight is 290 g/mol. The molecule has 1 aromatic carbocycles. The number of halogens is 4. The van der Waals surface area contributed by atoms with Crippen LogP contribution in [-0.4, -0.2) is 4.98 Å². The average Bonchev–Trinajstić information content (AvgIpc) is 2.33. The zero-order chi connectivity index (χ0) is 13.1. The van der Waals surface area contributed by atoms with E-state index in [1.165, 1.54) is 18.5 Å². The summed E-state index contributed by atoms with van der Waals surface area (Å²) in [7, 11) is 0. The van der Waals surface area contributed by atoms with Crippen LogP contribution < -0.4 is 4.74 Å². The van der Waals surface area contributed by atoms with E-state index in [0.29, 0.717) is 10.6 Å². The van der Waals surface area contributed by atoms with Crippen LogP contribution in [0.25, 0.3) is 0 Å². The molecule has 0 N–H and O–H groups in total. The molecular formula is C12H7Cl2F2NO. The lowest BCUT2D eigenvalue weighted by atomic mass is 10.2. The summed E-state index contributed by atoms with van der Waals surface area (Å²) in [4.78, 5) is 3.75. The molecule has 0 amide bonds. The van der Waals surface area contributed by atoms with Crippen LogP contribution in [0.4, 0.5) is 8.78 Å². The van der Waals surface area contributed by atoms with Crippen LogP contribution in [0.2, 0.25) is 5.02 Å². The zero-order valence-electron chi connectivity index (χ0n) is 8.96. The fourth-order valence-corrected chi connectivity index (χ4v) is 1.67. The summed E-state index contributed by atoms with van der Waals surface area (Å²) in [5.41, 5.74) is 0.336. The van der Waals surface area contributed by atoms with Crippen molar-refractivity contribution in [3.8, 4) is 11.5 Å². The number of rotatable bonds is 3. The van der Waals surface area contributed by atoms with Crippen molar-refractivity contribution >= 4 is 23.2 Å². The molecule has 0 unspecified atom stereocenters. The van der Waals surface area contributed by atoms with Gasteiger partial charge in [-0.25, -0.2) is 8.78 Å². The minimum Gasteiger partial charge on any atom is -0.449 e. The molecular weight excluding hydrogens is 283 g/mol. The maximum absolute atomic E-state index is 13.6. The molecule has 0 aliphatic carbocycles. The van der Waals surface area contributed by atoms with Crippen molar-refractivity contribution < 1.29 is 13.5 Å². The van der Waals surface area contributed by atoms with Gasteiger partial charge in [0.15, 0.2) is 17.4 Å². The van der Waals surface area contributed by atoms with Gasteiger partial charge in [0.05, 0.1) is 11.2 Å². The van der Waals surface area contributed by atoms with Gasteiger partial charge in [-0.2, -0.15) is 0 Å². The Labute approximate surface area is 112 Å². The molecule has 0 fully saturated rings. The van der Waals surface area contributed by atoms with E-state index in [2.05, 4.69) is 4.98 Å². The lowest BCUT2D eigenvalue weighted by molar-refractivity contribution is 0.405. The fourth-order valence-electron chi connectivity index (χ4n) is 1.35. The lowest BCUT2D eigenvalue weighted by Gasteiger charge is -2.08. The molecule has 18 heavy (non-hydrogen) atoms. The predicted molar refractivity (Wildman–Crippen MR) is 65.2 cm³/mol. The van der Waals surface area contributed by atoms with Crippen molar-refractivity contribution in [2.45, 2.75) is 5.88 Å². The van der Waals surface area contributed by atoms with Gasteiger partial charge >= 0.3 is 0 Å². The molecule has 2 nitrogen and oxygen atoms in total. The molecule has 2 rings (SSSR count). The largest absolute Gasteiger partial charge is 0.449 e. The van der Waals surface area contributed by atoms with Crippen LogP contribution >= 0.6 is 23.2 Å². The van der Waals surface area contributed by atoms with Crippen LogP contribution in [0, 0.1) is 11.6 Å². The highest BCUT2D eigenvalue weighted by atomic mass is 35.5. The van der Waals surface area contributed by atoms with Gasteiger partial charge in [-0.3, -0.25) is 4.98 Å². The Morgan fingerprint density at radius 2 is 1.78 bits per heavy atom. The fraction of sp³-hybridized carbons (Fsp3) is 0.0833. The molecule has 0 saturated carbocycles. The van der Waals surface area contributed by atoms with E-state index in [4.69, 9.17) is 27.9 Å². The van der Waals surface area contributed by atoms with Gasteiger partial charge in [0, 0.05) is 18.1 Å². The second-order valence-corrected chi connectivity index (χ2v) is 4.17. The van der Waals surface area contributed by atoms with Gasteiger partial charge in [0.1, 0.15) is 5.75 Å². The topological polar surface area (TPSA) is 22.1 Å². The first-order valence-corrected chi connectivity index (χ1v) is 5.83. The minimum atomic E-state index is -0.828. The second kappa shape index (κ2) is 5.50. The monoisotopic (exact) mass is 289 g/mol. The molecule has 1 heterocycles. The highest BCUT2D eigenvalue weighted by molar-refractivity contribution is 6.30. The van der Waals surface area contributed by atoms with Crippen molar-refractivity contribution in [1.29, 1.82) is 0 Å². The van der Waals surface area contributed by atoms with Crippen LogP contribution in [0.1, 0.15) is 5.56 Å². The van der Waals surface area contributed by atoms with Crippen LogP contribution in [0.5, 0.6) is 11.5 Å². The predicted octanol–water partition coefficient (Wildman–Crippen LogP) is 4.54. The van der Waals surface area contributed by atoms with Crippen LogP contribution in [0.3, 0.4) is 0 Å². The minimum absolute atomic E-state index is 0.0207. The van der Waals surface area contributed by atoms with Crippen molar-refractivity contribution in [3.63, 3.8) is 0 Å². The highest BCUT2D eigenvalue weighted by Crippen LogP contribution is 2.29. The summed E-state index contributed by atoms with van der Waals surface area (Å²) in [6.07, 6.45) is 2.69. The van der Waals surface area contributed by atoms with E-state index < -0.39 is 17.4 Å². The number of aromatic nitrogens is 1. The third kappa shape index (κ3) is 2.89. The quantitative estimate of drug-likeness (QED) is 0.774. The number of pyridine rings is 1. The number of nitrogens with zero attached hydrogens (tertiary/aromatic N) is 1. The SMILES string of the molecule is Fc1cc(CCl)cc(F)c1Oc1cncc(Cl)c1. The number of hydrogen-bond acceptors (Lipinski definition) is 2. The molecule has 0 spiro atoms. The molecule has 94 valence electrons. The Balaban J connectivity index is 2.35. The summed E-state index contributed by atoms with van der Waals surface area (Å²) < 4.78 is 32.3. The van der Waals surface area contributed by atoms with Crippen molar-refractivity contribution in [2.24, 2.45) is 0 Å². The number of alkyl halides is 1. The normalized spacial score (nSPS) is 10.4. The Bertz CT molecular complexity index is 555. The van der Waals surface area contributed by atoms with Gasteiger partial charge < -0.3 is 4.74 Å². The van der Waals surface area contributed by atoms with Gasteiger partial charge in [-0.15, -0.1) is 11.6 Å². The summed E-state index contributed by atoms with van der Waals surface area (Å²) in [5.74, 6) is -1.99. The molecule has 0 aliphatic heterocycles. The summed E-state index contributed by atoms with van der Waals surface area (Å²) in [6, 6.07) is 3.63. The van der Waals surface area contributed by atoms with Crippen molar-refractivity contribution in [3.05, 3.63) is 52.8 Å².